The van der Waals surface area contributed by atoms with E-state index >= 15 is 0 Å². The van der Waals surface area contributed by atoms with Gasteiger partial charge >= 0.3 is 5.97 Å². The van der Waals surface area contributed by atoms with Crippen molar-refractivity contribution in [1.82, 2.24) is 5.32 Å². The number of nitrogens with one attached hydrogen (secondary N) is 2. The molecule has 0 saturated carbocycles. The van der Waals surface area contributed by atoms with E-state index in [9.17, 15) is 14.4 Å². The number of rotatable bonds is 9. The van der Waals surface area contributed by atoms with Crippen LogP contribution < -0.4 is 10.6 Å². The quantitative estimate of drug-likeness (QED) is 0.236. The number of hydrogen-bond acceptors (Lipinski definition) is 5. The normalized spacial score (nSPS) is 10.9. The van der Waals surface area contributed by atoms with Gasteiger partial charge in [0.1, 0.15) is 5.70 Å². The molecule has 6 nitrogen and oxygen atoms in total. The second-order valence-corrected chi connectivity index (χ2v) is 8.49. The molecule has 0 aliphatic rings. The fourth-order valence-electron chi connectivity index (χ4n) is 2.91. The summed E-state index contributed by atoms with van der Waals surface area (Å²) >= 11 is 7.38. The molecule has 0 spiro atoms. The van der Waals surface area contributed by atoms with Crippen molar-refractivity contribution in [2.45, 2.75) is 11.8 Å². The van der Waals surface area contributed by atoms with Crippen LogP contribution in [0.5, 0.6) is 0 Å². The summed E-state index contributed by atoms with van der Waals surface area (Å²) in [6, 6.07) is 22.6. The standard InChI is InChI=1S/C26H23ClN2O4S/c1-2-33-24(30)17-34-22-13-7-12-21(16-22)28-26(32)23(15-18-8-6-11-20(27)14-18)29-25(31)19-9-4-3-5-10-19/h3-16H,2,17H2,1H3,(H,28,32)(H,29,31)/b23-15-. The molecule has 0 aromatic heterocycles. The molecule has 0 heterocycles. The van der Waals surface area contributed by atoms with Gasteiger partial charge in [0.15, 0.2) is 0 Å². The van der Waals surface area contributed by atoms with E-state index in [0.29, 0.717) is 28.4 Å². The molecule has 0 unspecified atom stereocenters. The molecule has 2 N–H and O–H groups in total. The van der Waals surface area contributed by atoms with Gasteiger partial charge in [-0.25, -0.2) is 0 Å². The minimum absolute atomic E-state index is 0.0562. The van der Waals surface area contributed by atoms with Crippen molar-refractivity contribution >= 4 is 52.9 Å². The number of ether oxygens (including phenoxy) is 1. The maximum atomic E-state index is 13.1. The molecule has 3 aromatic carbocycles. The van der Waals surface area contributed by atoms with Gasteiger partial charge in [-0.1, -0.05) is 48.0 Å². The number of thioether (sulfide) groups is 1. The van der Waals surface area contributed by atoms with E-state index in [-0.39, 0.29) is 17.4 Å². The highest BCUT2D eigenvalue weighted by Crippen LogP contribution is 2.22. The summed E-state index contributed by atoms with van der Waals surface area (Å²) < 4.78 is 4.94. The molecule has 3 rings (SSSR count). The Labute approximate surface area is 207 Å². The number of benzene rings is 3. The summed E-state index contributed by atoms with van der Waals surface area (Å²) in [6.45, 7) is 2.08. The lowest BCUT2D eigenvalue weighted by atomic mass is 10.1. The van der Waals surface area contributed by atoms with Gasteiger partial charge in [0.2, 0.25) is 0 Å². The minimum Gasteiger partial charge on any atom is -0.465 e. The van der Waals surface area contributed by atoms with Gasteiger partial charge in [0.25, 0.3) is 11.8 Å². The first-order valence-electron chi connectivity index (χ1n) is 10.5. The monoisotopic (exact) mass is 494 g/mol. The number of esters is 1. The first kappa shape index (κ1) is 25.1. The Hall–Kier alpha value is -3.55. The minimum atomic E-state index is -0.503. The van der Waals surface area contributed by atoms with E-state index in [1.807, 2.05) is 6.07 Å². The van der Waals surface area contributed by atoms with Crippen molar-refractivity contribution in [2.24, 2.45) is 0 Å². The number of hydrogen-bond donors (Lipinski definition) is 2. The lowest BCUT2D eigenvalue weighted by molar-refractivity contribution is -0.139. The van der Waals surface area contributed by atoms with Gasteiger partial charge < -0.3 is 15.4 Å². The molecule has 0 atom stereocenters. The summed E-state index contributed by atoms with van der Waals surface area (Å²) in [5, 5.41) is 6.00. The molecule has 2 amide bonds. The second-order valence-electron chi connectivity index (χ2n) is 7.01. The summed E-state index contributed by atoms with van der Waals surface area (Å²) in [4.78, 5) is 38.3. The van der Waals surface area contributed by atoms with Gasteiger partial charge in [0.05, 0.1) is 12.4 Å². The van der Waals surface area contributed by atoms with Crippen molar-refractivity contribution < 1.29 is 19.1 Å². The van der Waals surface area contributed by atoms with Crippen molar-refractivity contribution in [1.29, 1.82) is 0 Å². The van der Waals surface area contributed by atoms with Crippen LogP contribution in [0.3, 0.4) is 0 Å². The third-order valence-electron chi connectivity index (χ3n) is 4.44. The van der Waals surface area contributed by atoms with Crippen molar-refractivity contribution in [3.05, 3.63) is 101 Å². The fourth-order valence-corrected chi connectivity index (χ4v) is 3.86. The Morgan fingerprint density at radius 2 is 1.74 bits per heavy atom. The Morgan fingerprint density at radius 3 is 2.47 bits per heavy atom. The predicted octanol–water partition coefficient (Wildman–Crippen LogP) is 5.40. The van der Waals surface area contributed by atoms with Crippen LogP contribution in [0.25, 0.3) is 6.08 Å². The van der Waals surface area contributed by atoms with Crippen LogP contribution in [-0.4, -0.2) is 30.1 Å². The van der Waals surface area contributed by atoms with E-state index in [0.717, 1.165) is 4.90 Å². The molecular weight excluding hydrogens is 472 g/mol. The highest BCUT2D eigenvalue weighted by molar-refractivity contribution is 8.00. The smallest absolute Gasteiger partial charge is 0.316 e. The number of carbonyl (C=O) groups is 3. The molecule has 0 saturated heterocycles. The zero-order chi connectivity index (χ0) is 24.3. The van der Waals surface area contributed by atoms with Gasteiger partial charge in [0, 0.05) is 21.2 Å². The Kier molecular flexibility index (Phi) is 9.31. The average Bonchev–Trinajstić information content (AvgIpc) is 2.83. The van der Waals surface area contributed by atoms with Crippen LogP contribution in [0.1, 0.15) is 22.8 Å². The topological polar surface area (TPSA) is 84.5 Å². The van der Waals surface area contributed by atoms with Crippen LogP contribution in [0, 0.1) is 0 Å². The first-order chi connectivity index (χ1) is 16.4. The lowest BCUT2D eigenvalue weighted by Crippen LogP contribution is -2.30. The zero-order valence-electron chi connectivity index (χ0n) is 18.4. The Balaban J connectivity index is 1.79. The summed E-state index contributed by atoms with van der Waals surface area (Å²) in [5.74, 6) is -1.06. The Morgan fingerprint density at radius 1 is 0.971 bits per heavy atom. The molecule has 0 fully saturated rings. The van der Waals surface area contributed by atoms with E-state index in [2.05, 4.69) is 10.6 Å². The Bertz CT molecular complexity index is 1200. The van der Waals surface area contributed by atoms with E-state index < -0.39 is 11.8 Å². The van der Waals surface area contributed by atoms with E-state index in [1.165, 1.54) is 11.8 Å². The molecule has 0 aliphatic carbocycles. The van der Waals surface area contributed by atoms with Crippen molar-refractivity contribution in [3.63, 3.8) is 0 Å². The van der Waals surface area contributed by atoms with E-state index in [4.69, 9.17) is 16.3 Å². The third-order valence-corrected chi connectivity index (χ3v) is 5.64. The maximum absolute atomic E-state index is 13.1. The van der Waals surface area contributed by atoms with Crippen molar-refractivity contribution in [3.8, 4) is 0 Å². The highest BCUT2D eigenvalue weighted by atomic mass is 35.5. The number of anilines is 1. The number of carbonyl (C=O) groups excluding carboxylic acids is 3. The fraction of sp³-hybridized carbons (Fsp3) is 0.115. The van der Waals surface area contributed by atoms with Crippen LogP contribution in [-0.2, 0) is 14.3 Å². The number of amides is 2. The molecule has 0 bridgehead atoms. The van der Waals surface area contributed by atoms with E-state index in [1.54, 1.807) is 85.8 Å². The predicted molar refractivity (Wildman–Crippen MR) is 136 cm³/mol. The molecule has 3 aromatic rings. The zero-order valence-corrected chi connectivity index (χ0v) is 20.0. The molecule has 34 heavy (non-hydrogen) atoms. The third kappa shape index (κ3) is 7.79. The summed E-state index contributed by atoms with van der Waals surface area (Å²) in [6.07, 6.45) is 1.56. The summed E-state index contributed by atoms with van der Waals surface area (Å²) in [7, 11) is 0. The van der Waals surface area contributed by atoms with Crippen LogP contribution in [0.2, 0.25) is 5.02 Å². The van der Waals surface area contributed by atoms with Gasteiger partial charge in [-0.2, -0.15) is 0 Å². The highest BCUT2D eigenvalue weighted by Gasteiger charge is 2.15. The molecular formula is C26H23ClN2O4S. The average molecular weight is 495 g/mol. The SMILES string of the molecule is CCOC(=O)CSc1cccc(NC(=O)/C(=C/c2cccc(Cl)c2)NC(=O)c2ccccc2)c1. The van der Waals surface area contributed by atoms with Gasteiger partial charge in [-0.05, 0) is 61.0 Å². The maximum Gasteiger partial charge on any atom is 0.316 e. The molecule has 8 heteroatoms. The number of halogens is 1. The van der Waals surface area contributed by atoms with Gasteiger partial charge in [-0.3, -0.25) is 14.4 Å². The van der Waals surface area contributed by atoms with Crippen LogP contribution >= 0.6 is 23.4 Å². The van der Waals surface area contributed by atoms with Crippen LogP contribution in [0.15, 0.2) is 89.5 Å². The first-order valence-corrected chi connectivity index (χ1v) is 11.8. The van der Waals surface area contributed by atoms with Crippen molar-refractivity contribution in [2.75, 3.05) is 17.7 Å². The summed E-state index contributed by atoms with van der Waals surface area (Å²) in [5.41, 5.74) is 1.65. The lowest BCUT2D eigenvalue weighted by Gasteiger charge is -2.12. The van der Waals surface area contributed by atoms with Gasteiger partial charge in [-0.15, -0.1) is 11.8 Å². The molecule has 0 aliphatic heterocycles. The molecule has 0 radical (unpaired) electrons. The second kappa shape index (κ2) is 12.6. The molecule has 174 valence electrons. The van der Waals surface area contributed by atoms with Crippen LogP contribution in [0.4, 0.5) is 5.69 Å². The largest absolute Gasteiger partial charge is 0.465 e.